The van der Waals surface area contributed by atoms with Crippen molar-refractivity contribution in [3.05, 3.63) is 78.3 Å². The van der Waals surface area contributed by atoms with Crippen molar-refractivity contribution in [2.45, 2.75) is 62.7 Å². The number of nitrogen functional groups attached to an aromatic ring is 1. The van der Waals surface area contributed by atoms with Gasteiger partial charge in [-0.15, -0.1) is 0 Å². The van der Waals surface area contributed by atoms with Crippen LogP contribution in [0.5, 0.6) is 0 Å². The number of anilines is 2. The number of benzene rings is 2. The van der Waals surface area contributed by atoms with E-state index in [-0.39, 0.29) is 49.1 Å². The van der Waals surface area contributed by atoms with E-state index in [0.29, 0.717) is 30.3 Å². The Morgan fingerprint density at radius 2 is 1.91 bits per heavy atom. The Hall–Kier alpha value is -3.62. The van der Waals surface area contributed by atoms with Gasteiger partial charge in [0.25, 0.3) is 0 Å². The topological polar surface area (TPSA) is 166 Å². The van der Waals surface area contributed by atoms with E-state index >= 15 is 0 Å². The lowest BCUT2D eigenvalue weighted by atomic mass is 10.0. The fourth-order valence-electron chi connectivity index (χ4n) is 5.63. The third kappa shape index (κ3) is 8.35. The summed E-state index contributed by atoms with van der Waals surface area (Å²) in [4.78, 5) is 13.1. The summed E-state index contributed by atoms with van der Waals surface area (Å²) in [6, 6.07) is 16.5. The molecule has 3 aromatic rings. The molecule has 244 valence electrons. The SMILES string of the molecule is CC(C)CN(C[C@@H](O)[C@H](Cc1ccccc1)NC(=O)O[C@H]1CO[C@H]2OCC[C@H]21)S(=O)(=O)c1ccc(N)c(NCc2ccco2)c1. The molecule has 2 fully saturated rings. The molecule has 0 spiro atoms. The smallest absolute Gasteiger partial charge is 0.407 e. The molecule has 5 rings (SSSR count). The number of hydrogen-bond donors (Lipinski definition) is 4. The Kier molecular flexibility index (Phi) is 10.7. The molecule has 1 amide bonds. The second-order valence-corrected chi connectivity index (χ2v) is 13.8. The summed E-state index contributed by atoms with van der Waals surface area (Å²) in [7, 11) is -4.09. The number of fused-ring (bicyclic) bond motifs is 1. The summed E-state index contributed by atoms with van der Waals surface area (Å²) in [6.45, 7) is 4.77. The molecule has 12 nitrogen and oxygen atoms in total. The average molecular weight is 643 g/mol. The first-order chi connectivity index (χ1) is 21.6. The molecule has 0 radical (unpaired) electrons. The number of nitrogens with one attached hydrogen (secondary N) is 2. The zero-order chi connectivity index (χ0) is 32.0. The second-order valence-electron chi connectivity index (χ2n) is 11.9. The highest BCUT2D eigenvalue weighted by Gasteiger charge is 2.44. The number of hydrogen-bond acceptors (Lipinski definition) is 10. The molecule has 5 atom stereocenters. The summed E-state index contributed by atoms with van der Waals surface area (Å²) in [6.07, 6.45) is -0.279. The van der Waals surface area contributed by atoms with Gasteiger partial charge in [0.2, 0.25) is 10.0 Å². The molecule has 45 heavy (non-hydrogen) atoms. The monoisotopic (exact) mass is 642 g/mol. The van der Waals surface area contributed by atoms with Gasteiger partial charge in [-0.05, 0) is 54.7 Å². The van der Waals surface area contributed by atoms with Gasteiger partial charge in [0.1, 0.15) is 11.9 Å². The Balaban J connectivity index is 1.33. The number of ether oxygens (including phenoxy) is 3. The number of amides is 1. The maximum absolute atomic E-state index is 14.0. The first kappa shape index (κ1) is 32.8. The minimum absolute atomic E-state index is 0.0213. The number of alkyl carbamates (subject to hydrolysis) is 1. The van der Waals surface area contributed by atoms with Crippen LogP contribution in [-0.2, 0) is 37.2 Å². The van der Waals surface area contributed by atoms with Crippen molar-refractivity contribution >= 4 is 27.5 Å². The molecule has 2 aromatic carbocycles. The molecular formula is C32H42N4O8S. The van der Waals surface area contributed by atoms with Gasteiger partial charge in [-0.3, -0.25) is 0 Å². The molecule has 0 unspecified atom stereocenters. The van der Waals surface area contributed by atoms with Crippen LogP contribution in [0.15, 0.2) is 76.2 Å². The van der Waals surface area contributed by atoms with E-state index in [4.69, 9.17) is 24.4 Å². The van der Waals surface area contributed by atoms with Crippen molar-refractivity contribution in [3.8, 4) is 0 Å². The van der Waals surface area contributed by atoms with Crippen LogP contribution in [0, 0.1) is 11.8 Å². The lowest BCUT2D eigenvalue weighted by Crippen LogP contribution is -2.51. The number of carbonyl (C=O) groups excluding carboxylic acids is 1. The number of sulfonamides is 1. The normalized spacial score (nSPS) is 21.0. The molecule has 2 aliphatic heterocycles. The third-order valence-corrected chi connectivity index (χ3v) is 9.79. The molecule has 0 saturated carbocycles. The zero-order valence-electron chi connectivity index (χ0n) is 25.5. The van der Waals surface area contributed by atoms with Crippen LogP contribution in [0.3, 0.4) is 0 Å². The number of carbonyl (C=O) groups is 1. The number of aliphatic hydroxyl groups excluding tert-OH is 1. The predicted octanol–water partition coefficient (Wildman–Crippen LogP) is 3.58. The summed E-state index contributed by atoms with van der Waals surface area (Å²) in [5.74, 6) is 0.574. The predicted molar refractivity (Wildman–Crippen MR) is 168 cm³/mol. The first-order valence-electron chi connectivity index (χ1n) is 15.2. The summed E-state index contributed by atoms with van der Waals surface area (Å²) in [5.41, 5.74) is 7.83. The fourth-order valence-corrected chi connectivity index (χ4v) is 7.28. The molecule has 1 aromatic heterocycles. The molecule has 0 bridgehead atoms. The number of rotatable bonds is 14. The van der Waals surface area contributed by atoms with Gasteiger partial charge in [-0.25, -0.2) is 13.2 Å². The van der Waals surface area contributed by atoms with Crippen LogP contribution in [0.2, 0.25) is 0 Å². The molecule has 3 heterocycles. The van der Waals surface area contributed by atoms with Gasteiger partial charge in [-0.2, -0.15) is 4.31 Å². The van der Waals surface area contributed by atoms with E-state index in [0.717, 1.165) is 12.0 Å². The molecule has 5 N–H and O–H groups in total. The highest BCUT2D eigenvalue weighted by Crippen LogP contribution is 2.33. The molecule has 13 heteroatoms. The standard InChI is InChI=1S/C32H42N4O8S/c1-21(2)18-36(45(39,40)24-10-11-26(33)27(16-24)34-17-23-9-6-13-41-23)19-29(37)28(15-22-7-4-3-5-8-22)35-32(38)44-30-20-43-31-25(30)12-14-42-31/h3-11,13,16,21,25,28-31,34,37H,12,14-15,17-20,33H2,1-2H3,(H,35,38)/t25-,28-,29+,30-,31+/m0/s1. The van der Waals surface area contributed by atoms with Gasteiger partial charge in [0.05, 0.1) is 60.4 Å². The van der Waals surface area contributed by atoms with Crippen LogP contribution >= 0.6 is 0 Å². The molecule has 0 aliphatic carbocycles. The second kappa shape index (κ2) is 14.6. The van der Waals surface area contributed by atoms with E-state index in [9.17, 15) is 18.3 Å². The van der Waals surface area contributed by atoms with Crippen molar-refractivity contribution in [1.29, 1.82) is 0 Å². The van der Waals surface area contributed by atoms with Gasteiger partial charge < -0.3 is 40.1 Å². The Bertz CT molecular complexity index is 1500. The van der Waals surface area contributed by atoms with E-state index in [1.807, 2.05) is 44.2 Å². The number of furan rings is 1. The lowest BCUT2D eigenvalue weighted by Gasteiger charge is -2.31. The number of nitrogens with zero attached hydrogens (tertiary/aromatic N) is 1. The number of nitrogens with two attached hydrogens (primary N) is 1. The lowest BCUT2D eigenvalue weighted by molar-refractivity contribution is -0.0907. The quantitative estimate of drug-likeness (QED) is 0.191. The molecular weight excluding hydrogens is 600 g/mol. The highest BCUT2D eigenvalue weighted by molar-refractivity contribution is 7.89. The van der Waals surface area contributed by atoms with Crippen molar-refractivity contribution in [3.63, 3.8) is 0 Å². The molecule has 2 saturated heterocycles. The van der Waals surface area contributed by atoms with Gasteiger partial charge in [0.15, 0.2) is 6.29 Å². The summed E-state index contributed by atoms with van der Waals surface area (Å²) < 4.78 is 51.5. The van der Waals surface area contributed by atoms with E-state index < -0.39 is 34.4 Å². The maximum Gasteiger partial charge on any atom is 0.407 e. The minimum atomic E-state index is -4.09. The van der Waals surface area contributed by atoms with E-state index in [1.165, 1.54) is 22.5 Å². The van der Waals surface area contributed by atoms with Crippen LogP contribution in [-0.4, -0.2) is 74.8 Å². The van der Waals surface area contributed by atoms with Gasteiger partial charge >= 0.3 is 6.09 Å². The van der Waals surface area contributed by atoms with Crippen molar-refractivity contribution in [2.24, 2.45) is 11.8 Å². The van der Waals surface area contributed by atoms with Crippen molar-refractivity contribution in [2.75, 3.05) is 37.4 Å². The van der Waals surface area contributed by atoms with Crippen LogP contribution < -0.4 is 16.4 Å². The number of aliphatic hydroxyl groups is 1. The summed E-state index contributed by atoms with van der Waals surface area (Å²) in [5, 5.41) is 17.5. The Morgan fingerprint density at radius 3 is 2.64 bits per heavy atom. The Morgan fingerprint density at radius 1 is 1.11 bits per heavy atom. The van der Waals surface area contributed by atoms with Crippen molar-refractivity contribution < 1.29 is 36.9 Å². The largest absolute Gasteiger partial charge is 0.467 e. The van der Waals surface area contributed by atoms with Crippen LogP contribution in [0.1, 0.15) is 31.6 Å². The summed E-state index contributed by atoms with van der Waals surface area (Å²) >= 11 is 0. The highest BCUT2D eigenvalue weighted by atomic mass is 32.2. The van der Waals surface area contributed by atoms with E-state index in [1.54, 1.807) is 18.4 Å². The minimum Gasteiger partial charge on any atom is -0.467 e. The average Bonchev–Trinajstić information content (AvgIpc) is 3.77. The van der Waals surface area contributed by atoms with Gasteiger partial charge in [0, 0.05) is 13.1 Å². The third-order valence-electron chi connectivity index (χ3n) is 7.96. The van der Waals surface area contributed by atoms with Crippen molar-refractivity contribution in [1.82, 2.24) is 9.62 Å². The van der Waals surface area contributed by atoms with Crippen LogP contribution in [0.4, 0.5) is 16.2 Å². The fraction of sp³-hybridized carbons (Fsp3) is 0.469. The first-order valence-corrected chi connectivity index (χ1v) is 16.6. The Labute approximate surface area is 263 Å². The maximum atomic E-state index is 14.0. The van der Waals surface area contributed by atoms with Gasteiger partial charge in [-0.1, -0.05) is 44.2 Å². The van der Waals surface area contributed by atoms with Crippen LogP contribution in [0.25, 0.3) is 0 Å². The molecule has 2 aliphatic rings. The van der Waals surface area contributed by atoms with E-state index in [2.05, 4.69) is 10.6 Å². The zero-order valence-corrected chi connectivity index (χ0v) is 26.3.